The molecular formula is C18H13F2NO3S. The second kappa shape index (κ2) is 6.98. The molecule has 2 aromatic carbocycles. The van der Waals surface area contributed by atoms with Gasteiger partial charge in [0.15, 0.2) is 6.61 Å². The molecule has 0 aliphatic rings. The summed E-state index contributed by atoms with van der Waals surface area (Å²) in [6, 6.07) is 10.3. The maximum absolute atomic E-state index is 13.7. The number of carbonyl (C=O) groups is 2. The highest BCUT2D eigenvalue weighted by atomic mass is 32.1. The number of amides is 1. The molecule has 1 N–H and O–H groups in total. The number of hydrogen-bond acceptors (Lipinski definition) is 4. The Morgan fingerprint density at radius 2 is 1.92 bits per heavy atom. The van der Waals surface area contributed by atoms with Gasteiger partial charge in [-0.3, -0.25) is 4.79 Å². The van der Waals surface area contributed by atoms with E-state index in [0.29, 0.717) is 10.1 Å². The molecule has 1 amide bonds. The highest BCUT2D eigenvalue weighted by molar-refractivity contribution is 7.20. The molecule has 25 heavy (non-hydrogen) atoms. The van der Waals surface area contributed by atoms with Crippen LogP contribution in [0.3, 0.4) is 0 Å². The molecule has 0 aliphatic heterocycles. The summed E-state index contributed by atoms with van der Waals surface area (Å²) in [6.07, 6.45) is 0. The third-order valence-electron chi connectivity index (χ3n) is 3.44. The summed E-state index contributed by atoms with van der Waals surface area (Å²) in [5.74, 6) is -2.40. The van der Waals surface area contributed by atoms with Crippen molar-refractivity contribution in [2.24, 2.45) is 0 Å². The van der Waals surface area contributed by atoms with E-state index in [-0.39, 0.29) is 10.6 Å². The van der Waals surface area contributed by atoms with Gasteiger partial charge in [-0.15, -0.1) is 11.3 Å². The van der Waals surface area contributed by atoms with Crippen molar-refractivity contribution in [1.29, 1.82) is 0 Å². The first-order valence-electron chi connectivity index (χ1n) is 7.35. The molecule has 0 saturated heterocycles. The highest BCUT2D eigenvalue weighted by Gasteiger charge is 2.16. The Bertz CT molecular complexity index is 968. The van der Waals surface area contributed by atoms with E-state index in [9.17, 15) is 18.4 Å². The molecule has 3 aromatic rings. The second-order valence-corrected chi connectivity index (χ2v) is 6.45. The number of rotatable bonds is 4. The van der Waals surface area contributed by atoms with Crippen molar-refractivity contribution in [2.45, 2.75) is 6.92 Å². The summed E-state index contributed by atoms with van der Waals surface area (Å²) >= 11 is 1.07. The Balaban J connectivity index is 1.63. The highest BCUT2D eigenvalue weighted by Crippen LogP contribution is 2.28. The molecule has 0 fully saturated rings. The number of carbonyl (C=O) groups excluding carboxylic acids is 2. The van der Waals surface area contributed by atoms with Gasteiger partial charge in [-0.2, -0.15) is 0 Å². The minimum Gasteiger partial charge on any atom is -0.451 e. The molecule has 1 heterocycles. The lowest BCUT2D eigenvalue weighted by Crippen LogP contribution is -2.21. The number of thiophene rings is 1. The molecule has 3 rings (SSSR count). The number of esters is 1. The zero-order valence-electron chi connectivity index (χ0n) is 13.1. The van der Waals surface area contributed by atoms with Crippen LogP contribution in [0.1, 0.15) is 15.2 Å². The van der Waals surface area contributed by atoms with Gasteiger partial charge in [0.05, 0.1) is 5.69 Å². The SMILES string of the molecule is Cc1ccc(NC(=O)COC(=O)c2cc3c(F)cccc3s2)c(F)c1. The van der Waals surface area contributed by atoms with Crippen molar-refractivity contribution in [3.63, 3.8) is 0 Å². The number of fused-ring (bicyclic) bond motifs is 1. The lowest BCUT2D eigenvalue weighted by atomic mass is 10.2. The van der Waals surface area contributed by atoms with E-state index in [1.807, 2.05) is 0 Å². The molecule has 7 heteroatoms. The van der Waals surface area contributed by atoms with Gasteiger partial charge in [-0.25, -0.2) is 13.6 Å². The van der Waals surface area contributed by atoms with Gasteiger partial charge in [0.2, 0.25) is 0 Å². The lowest BCUT2D eigenvalue weighted by molar-refractivity contribution is -0.119. The van der Waals surface area contributed by atoms with Gasteiger partial charge in [-0.05, 0) is 42.8 Å². The van der Waals surface area contributed by atoms with Gasteiger partial charge in [0.25, 0.3) is 5.91 Å². The van der Waals surface area contributed by atoms with Crippen molar-refractivity contribution in [2.75, 3.05) is 11.9 Å². The van der Waals surface area contributed by atoms with Crippen molar-refractivity contribution >= 4 is 39.0 Å². The number of ether oxygens (including phenoxy) is 1. The Labute approximate surface area is 146 Å². The van der Waals surface area contributed by atoms with E-state index in [1.54, 1.807) is 25.1 Å². The summed E-state index contributed by atoms with van der Waals surface area (Å²) in [7, 11) is 0. The molecule has 0 unspecified atom stereocenters. The zero-order chi connectivity index (χ0) is 18.0. The normalized spacial score (nSPS) is 10.7. The predicted octanol–water partition coefficient (Wildman–Crippen LogP) is 4.28. The average Bonchev–Trinajstić information content (AvgIpc) is 3.01. The van der Waals surface area contributed by atoms with Gasteiger partial charge >= 0.3 is 5.97 Å². The Morgan fingerprint density at radius 3 is 2.64 bits per heavy atom. The largest absolute Gasteiger partial charge is 0.451 e. The number of aryl methyl sites for hydroxylation is 1. The maximum Gasteiger partial charge on any atom is 0.348 e. The van der Waals surface area contributed by atoms with Crippen LogP contribution in [0.4, 0.5) is 14.5 Å². The molecule has 128 valence electrons. The standard InChI is InChI=1S/C18H13F2NO3S/c1-10-5-6-14(13(20)7-10)21-17(22)9-24-18(23)16-8-11-12(19)3-2-4-15(11)25-16/h2-8H,9H2,1H3,(H,21,22). The number of anilines is 1. The minimum absolute atomic E-state index is 0.00980. The predicted molar refractivity (Wildman–Crippen MR) is 91.8 cm³/mol. The summed E-state index contributed by atoms with van der Waals surface area (Å²) in [5, 5.41) is 2.66. The molecule has 0 spiro atoms. The number of halogens is 2. The van der Waals surface area contributed by atoms with E-state index in [1.165, 1.54) is 24.3 Å². The number of benzene rings is 2. The van der Waals surface area contributed by atoms with Crippen molar-refractivity contribution in [3.8, 4) is 0 Å². The van der Waals surface area contributed by atoms with Crippen LogP contribution in [0, 0.1) is 18.6 Å². The third-order valence-corrected chi connectivity index (χ3v) is 4.52. The van der Waals surface area contributed by atoms with Gasteiger partial charge in [0.1, 0.15) is 16.5 Å². The van der Waals surface area contributed by atoms with Crippen LogP contribution in [0.15, 0.2) is 42.5 Å². The first kappa shape index (κ1) is 17.0. The zero-order valence-corrected chi connectivity index (χ0v) is 14.0. The quantitative estimate of drug-likeness (QED) is 0.706. The van der Waals surface area contributed by atoms with Crippen LogP contribution in [0.25, 0.3) is 10.1 Å². The van der Waals surface area contributed by atoms with Crippen molar-refractivity contribution in [3.05, 3.63) is 64.5 Å². The third kappa shape index (κ3) is 3.83. The molecule has 0 atom stereocenters. The molecular weight excluding hydrogens is 348 g/mol. The lowest BCUT2D eigenvalue weighted by Gasteiger charge is -2.07. The van der Waals surface area contributed by atoms with Crippen molar-refractivity contribution < 1.29 is 23.1 Å². The molecule has 0 aliphatic carbocycles. The second-order valence-electron chi connectivity index (χ2n) is 5.37. The Morgan fingerprint density at radius 1 is 1.12 bits per heavy atom. The van der Waals surface area contributed by atoms with Crippen molar-refractivity contribution in [1.82, 2.24) is 0 Å². The summed E-state index contributed by atoms with van der Waals surface area (Å²) in [5.41, 5.74) is 0.731. The van der Waals surface area contributed by atoms with E-state index < -0.39 is 30.1 Å². The Hall–Kier alpha value is -2.80. The van der Waals surface area contributed by atoms with Crippen LogP contribution in [-0.2, 0) is 9.53 Å². The summed E-state index contributed by atoms with van der Waals surface area (Å²) < 4.78 is 32.8. The summed E-state index contributed by atoms with van der Waals surface area (Å²) in [4.78, 5) is 24.0. The van der Waals surface area contributed by atoms with Crippen LogP contribution in [0.5, 0.6) is 0 Å². The fourth-order valence-corrected chi connectivity index (χ4v) is 3.20. The smallest absolute Gasteiger partial charge is 0.348 e. The van der Waals surface area contributed by atoms with Crippen LogP contribution in [-0.4, -0.2) is 18.5 Å². The fraction of sp³-hybridized carbons (Fsp3) is 0.111. The van der Waals surface area contributed by atoms with E-state index in [2.05, 4.69) is 5.32 Å². The first-order valence-corrected chi connectivity index (χ1v) is 8.17. The number of hydrogen-bond donors (Lipinski definition) is 1. The molecule has 4 nitrogen and oxygen atoms in total. The maximum atomic E-state index is 13.7. The van der Waals surface area contributed by atoms with E-state index in [4.69, 9.17) is 4.74 Å². The Kier molecular flexibility index (Phi) is 4.76. The topological polar surface area (TPSA) is 55.4 Å². The van der Waals surface area contributed by atoms with Gasteiger partial charge in [-0.1, -0.05) is 12.1 Å². The molecule has 0 radical (unpaired) electrons. The van der Waals surface area contributed by atoms with Gasteiger partial charge < -0.3 is 10.1 Å². The molecule has 1 aromatic heterocycles. The van der Waals surface area contributed by atoms with Crippen LogP contribution >= 0.6 is 11.3 Å². The van der Waals surface area contributed by atoms with Crippen LogP contribution < -0.4 is 5.32 Å². The fourth-order valence-electron chi connectivity index (χ4n) is 2.24. The van der Waals surface area contributed by atoms with Gasteiger partial charge in [0, 0.05) is 10.1 Å². The first-order chi connectivity index (χ1) is 11.9. The average molecular weight is 361 g/mol. The van der Waals surface area contributed by atoms with E-state index >= 15 is 0 Å². The molecule has 0 saturated carbocycles. The number of nitrogens with one attached hydrogen (secondary N) is 1. The van der Waals surface area contributed by atoms with E-state index in [0.717, 1.165) is 16.9 Å². The minimum atomic E-state index is -0.736. The summed E-state index contributed by atoms with van der Waals surface area (Å²) in [6.45, 7) is 1.16. The monoisotopic (exact) mass is 361 g/mol. The molecule has 0 bridgehead atoms. The van der Waals surface area contributed by atoms with Crippen LogP contribution in [0.2, 0.25) is 0 Å².